The second-order valence-corrected chi connectivity index (χ2v) is 6.41. The maximum atomic E-state index is 12.1. The minimum Gasteiger partial charge on any atom is -0.497 e. The third-order valence-electron chi connectivity index (χ3n) is 3.78. The third kappa shape index (κ3) is 4.60. The summed E-state index contributed by atoms with van der Waals surface area (Å²) in [4.78, 5) is 13.3. The Balaban J connectivity index is 1.53. The number of carbonyl (C=O) groups is 1. The van der Waals surface area contributed by atoms with Gasteiger partial charge >= 0.3 is 6.03 Å². The second-order valence-electron chi connectivity index (χ2n) is 5.43. The van der Waals surface area contributed by atoms with E-state index in [4.69, 9.17) is 4.74 Å². The van der Waals surface area contributed by atoms with Gasteiger partial charge in [0.2, 0.25) is 0 Å². The minimum atomic E-state index is -0.204. The predicted octanol–water partition coefficient (Wildman–Crippen LogP) is 3.04. The lowest BCUT2D eigenvalue weighted by molar-refractivity contribution is 0.239. The van der Waals surface area contributed by atoms with Crippen LogP contribution in [-0.2, 0) is 6.54 Å². The van der Waals surface area contributed by atoms with E-state index in [2.05, 4.69) is 15.7 Å². The molecule has 1 atom stereocenters. The molecule has 2 heterocycles. The van der Waals surface area contributed by atoms with Crippen molar-refractivity contribution < 1.29 is 9.53 Å². The van der Waals surface area contributed by atoms with Crippen molar-refractivity contribution in [2.24, 2.45) is 0 Å². The fourth-order valence-electron chi connectivity index (χ4n) is 2.45. The van der Waals surface area contributed by atoms with Crippen LogP contribution in [0.15, 0.2) is 60.2 Å². The monoisotopic (exact) mass is 356 g/mol. The molecule has 3 rings (SSSR count). The molecule has 1 unspecified atom stereocenters. The van der Waals surface area contributed by atoms with Crippen molar-refractivity contribution in [3.63, 3.8) is 0 Å². The number of aromatic nitrogens is 2. The molecular weight excluding hydrogens is 336 g/mol. The number of carbonyl (C=O) groups excluding carboxylic acids is 1. The van der Waals surface area contributed by atoms with Crippen LogP contribution < -0.4 is 15.4 Å². The molecule has 0 aliphatic carbocycles. The zero-order chi connectivity index (χ0) is 17.5. The highest BCUT2D eigenvalue weighted by atomic mass is 32.1. The lowest BCUT2D eigenvalue weighted by Crippen LogP contribution is -2.38. The molecular formula is C18H20N4O2S. The molecule has 0 saturated heterocycles. The Morgan fingerprint density at radius 2 is 2.08 bits per heavy atom. The van der Waals surface area contributed by atoms with E-state index in [0.29, 0.717) is 13.1 Å². The Labute approximate surface area is 150 Å². The van der Waals surface area contributed by atoms with Crippen LogP contribution in [0.5, 0.6) is 5.75 Å². The van der Waals surface area contributed by atoms with Crippen molar-refractivity contribution in [3.8, 4) is 5.75 Å². The summed E-state index contributed by atoms with van der Waals surface area (Å²) < 4.78 is 6.98. The molecule has 0 spiro atoms. The molecule has 0 radical (unpaired) electrons. The molecule has 130 valence electrons. The maximum Gasteiger partial charge on any atom is 0.315 e. The van der Waals surface area contributed by atoms with Gasteiger partial charge in [0.15, 0.2) is 0 Å². The molecule has 7 heteroatoms. The van der Waals surface area contributed by atoms with Gasteiger partial charge in [-0.05, 0) is 35.2 Å². The van der Waals surface area contributed by atoms with Crippen LogP contribution in [0.25, 0.3) is 0 Å². The van der Waals surface area contributed by atoms with Gasteiger partial charge in [0.05, 0.1) is 7.11 Å². The number of nitrogens with one attached hydrogen (secondary N) is 2. The van der Waals surface area contributed by atoms with E-state index in [-0.39, 0.29) is 12.1 Å². The summed E-state index contributed by atoms with van der Waals surface area (Å²) in [5.41, 5.74) is 1.01. The maximum absolute atomic E-state index is 12.1. The number of amides is 2. The van der Waals surface area contributed by atoms with E-state index in [9.17, 15) is 4.79 Å². The fraction of sp³-hybridized carbons (Fsp3) is 0.222. The Morgan fingerprint density at radius 3 is 2.72 bits per heavy atom. The first-order chi connectivity index (χ1) is 12.3. The molecule has 0 saturated carbocycles. The first-order valence-electron chi connectivity index (χ1n) is 7.93. The van der Waals surface area contributed by atoms with Crippen LogP contribution in [0.3, 0.4) is 0 Å². The Morgan fingerprint density at radius 1 is 1.24 bits per heavy atom. The van der Waals surface area contributed by atoms with Crippen LogP contribution in [0.2, 0.25) is 0 Å². The van der Waals surface area contributed by atoms with Gasteiger partial charge in [-0.15, -0.1) is 11.3 Å². The topological polar surface area (TPSA) is 68.2 Å². The molecule has 6 nitrogen and oxygen atoms in total. The van der Waals surface area contributed by atoms with E-state index >= 15 is 0 Å². The van der Waals surface area contributed by atoms with Crippen molar-refractivity contribution in [1.82, 2.24) is 20.4 Å². The smallest absolute Gasteiger partial charge is 0.315 e. The molecule has 1 aromatic carbocycles. The van der Waals surface area contributed by atoms with Gasteiger partial charge in [0.1, 0.15) is 11.8 Å². The molecule has 0 aliphatic rings. The average molecular weight is 356 g/mol. The van der Waals surface area contributed by atoms with Crippen molar-refractivity contribution in [2.75, 3.05) is 13.7 Å². The normalized spacial score (nSPS) is 11.7. The summed E-state index contributed by atoms with van der Waals surface area (Å²) in [7, 11) is 1.63. The van der Waals surface area contributed by atoms with E-state index in [1.165, 1.54) is 0 Å². The number of hydrogen-bond donors (Lipinski definition) is 2. The van der Waals surface area contributed by atoms with Crippen LogP contribution in [0.4, 0.5) is 4.79 Å². The average Bonchev–Trinajstić information content (AvgIpc) is 3.35. The number of thiophene rings is 1. The Hall–Kier alpha value is -2.80. The minimum absolute atomic E-state index is 0.0123. The largest absolute Gasteiger partial charge is 0.497 e. The molecule has 0 bridgehead atoms. The highest BCUT2D eigenvalue weighted by Gasteiger charge is 2.16. The van der Waals surface area contributed by atoms with Gasteiger partial charge in [-0.25, -0.2) is 4.79 Å². The number of urea groups is 1. The van der Waals surface area contributed by atoms with Gasteiger partial charge in [0.25, 0.3) is 0 Å². The first-order valence-corrected chi connectivity index (χ1v) is 8.81. The number of methoxy groups -OCH3 is 1. The van der Waals surface area contributed by atoms with E-state index in [1.807, 2.05) is 58.7 Å². The SMILES string of the molecule is COc1ccc(CNC(=O)NCC(c2cccs2)n2cccn2)cc1. The fourth-order valence-corrected chi connectivity index (χ4v) is 3.27. The molecule has 2 N–H and O–H groups in total. The second kappa shape index (κ2) is 8.34. The Bertz CT molecular complexity index is 736. The zero-order valence-electron chi connectivity index (χ0n) is 13.9. The van der Waals surface area contributed by atoms with Crippen LogP contribution in [-0.4, -0.2) is 29.5 Å². The summed E-state index contributed by atoms with van der Waals surface area (Å²) in [5.74, 6) is 0.797. The third-order valence-corrected chi connectivity index (χ3v) is 4.76. The van der Waals surface area contributed by atoms with Crippen LogP contribution in [0.1, 0.15) is 16.5 Å². The summed E-state index contributed by atoms with van der Waals surface area (Å²) in [5, 5.41) is 12.1. The highest BCUT2D eigenvalue weighted by Crippen LogP contribution is 2.21. The van der Waals surface area contributed by atoms with Crippen LogP contribution >= 0.6 is 11.3 Å². The molecule has 25 heavy (non-hydrogen) atoms. The number of rotatable bonds is 7. The van der Waals surface area contributed by atoms with Crippen molar-refractivity contribution in [2.45, 2.75) is 12.6 Å². The molecule has 0 fully saturated rings. The van der Waals surface area contributed by atoms with Gasteiger partial charge in [-0.3, -0.25) is 4.68 Å². The lowest BCUT2D eigenvalue weighted by atomic mass is 10.2. The van der Waals surface area contributed by atoms with E-state index in [1.54, 1.807) is 24.6 Å². The van der Waals surface area contributed by atoms with Crippen LogP contribution in [0, 0.1) is 0 Å². The molecule has 2 amide bonds. The Kier molecular flexibility index (Phi) is 5.69. The number of ether oxygens (including phenoxy) is 1. The van der Waals surface area contributed by atoms with Gasteiger partial charge in [0, 0.05) is 30.4 Å². The predicted molar refractivity (Wildman–Crippen MR) is 97.9 cm³/mol. The standard InChI is InChI=1S/C18H20N4O2S/c1-24-15-7-5-14(6-8-15)12-19-18(23)20-13-16(17-4-2-11-25-17)22-10-3-9-21-22/h2-11,16H,12-13H2,1H3,(H2,19,20,23). The van der Waals surface area contributed by atoms with Gasteiger partial charge in [-0.1, -0.05) is 18.2 Å². The zero-order valence-corrected chi connectivity index (χ0v) is 14.7. The van der Waals surface area contributed by atoms with Gasteiger partial charge in [-0.2, -0.15) is 5.10 Å². The van der Waals surface area contributed by atoms with Crippen molar-refractivity contribution in [1.29, 1.82) is 0 Å². The highest BCUT2D eigenvalue weighted by molar-refractivity contribution is 7.10. The quantitative estimate of drug-likeness (QED) is 0.684. The summed E-state index contributed by atoms with van der Waals surface area (Å²) in [6, 6.07) is 13.3. The lowest BCUT2D eigenvalue weighted by Gasteiger charge is -2.17. The number of hydrogen-bond acceptors (Lipinski definition) is 4. The van der Waals surface area contributed by atoms with Crippen molar-refractivity contribution >= 4 is 17.4 Å². The summed E-state index contributed by atoms with van der Waals surface area (Å²) in [6.07, 6.45) is 3.64. The first kappa shape index (κ1) is 17.0. The summed E-state index contributed by atoms with van der Waals surface area (Å²) >= 11 is 1.65. The number of benzene rings is 1. The van der Waals surface area contributed by atoms with Gasteiger partial charge < -0.3 is 15.4 Å². The van der Waals surface area contributed by atoms with Crippen molar-refractivity contribution in [3.05, 3.63) is 70.7 Å². The summed E-state index contributed by atoms with van der Waals surface area (Å²) in [6.45, 7) is 0.928. The molecule has 2 aromatic heterocycles. The molecule has 3 aromatic rings. The molecule has 0 aliphatic heterocycles. The van der Waals surface area contributed by atoms with E-state index in [0.717, 1.165) is 16.2 Å². The van der Waals surface area contributed by atoms with E-state index < -0.39 is 0 Å². The number of nitrogens with zero attached hydrogens (tertiary/aromatic N) is 2.